The van der Waals surface area contributed by atoms with Gasteiger partial charge in [-0.05, 0) is 30.5 Å². The van der Waals surface area contributed by atoms with Gasteiger partial charge in [0.25, 0.3) is 0 Å². The van der Waals surface area contributed by atoms with E-state index in [9.17, 15) is 13.6 Å². The molecule has 1 aromatic rings. The number of nitrogens with one attached hydrogen (secondary N) is 1. The first-order chi connectivity index (χ1) is 11.1. The van der Waals surface area contributed by atoms with Crippen molar-refractivity contribution in [3.63, 3.8) is 0 Å². The Bertz CT molecular complexity index is 584. The van der Waals surface area contributed by atoms with Crippen LogP contribution in [0.15, 0.2) is 18.2 Å². The second kappa shape index (κ2) is 6.80. The molecule has 0 aromatic heterocycles. The van der Waals surface area contributed by atoms with E-state index in [4.69, 9.17) is 9.84 Å². The van der Waals surface area contributed by atoms with Gasteiger partial charge in [-0.15, -0.1) is 0 Å². The van der Waals surface area contributed by atoms with Crippen LogP contribution in [0.25, 0.3) is 0 Å². The minimum absolute atomic E-state index is 0.0772. The minimum Gasteiger partial charge on any atom is -0.396 e. The van der Waals surface area contributed by atoms with Gasteiger partial charge in [-0.1, -0.05) is 6.07 Å². The number of urea groups is 1. The fraction of sp³-hybridized carbons (Fsp3) is 0.562. The van der Waals surface area contributed by atoms with Gasteiger partial charge in [0, 0.05) is 32.2 Å². The normalized spacial score (nSPS) is 27.4. The SMILES string of the molecule is O=C(NC1CCOC1c1ccc(F)c(F)c1)N1CCC(CO)C1. The quantitative estimate of drug-likeness (QED) is 0.891. The predicted molar refractivity (Wildman–Crippen MR) is 78.8 cm³/mol. The topological polar surface area (TPSA) is 61.8 Å². The van der Waals surface area contributed by atoms with E-state index >= 15 is 0 Å². The highest BCUT2D eigenvalue weighted by atomic mass is 19.2. The van der Waals surface area contributed by atoms with Crippen molar-refractivity contribution in [1.29, 1.82) is 0 Å². The van der Waals surface area contributed by atoms with Crippen LogP contribution in [-0.4, -0.2) is 48.4 Å². The molecule has 2 fully saturated rings. The Kier molecular flexibility index (Phi) is 4.77. The largest absolute Gasteiger partial charge is 0.396 e. The predicted octanol–water partition coefficient (Wildman–Crippen LogP) is 1.82. The van der Waals surface area contributed by atoms with Crippen LogP contribution in [-0.2, 0) is 4.74 Å². The van der Waals surface area contributed by atoms with Crippen molar-refractivity contribution >= 4 is 6.03 Å². The van der Waals surface area contributed by atoms with Crippen LogP contribution in [0.3, 0.4) is 0 Å². The number of halogens is 2. The van der Waals surface area contributed by atoms with Crippen molar-refractivity contribution in [2.24, 2.45) is 5.92 Å². The molecule has 0 saturated carbocycles. The molecular formula is C16H20F2N2O3. The summed E-state index contributed by atoms with van der Waals surface area (Å²) in [6.07, 6.45) is 0.926. The summed E-state index contributed by atoms with van der Waals surface area (Å²) < 4.78 is 32.0. The second-order valence-corrected chi connectivity index (χ2v) is 6.09. The van der Waals surface area contributed by atoms with E-state index in [2.05, 4.69) is 5.32 Å². The highest BCUT2D eigenvalue weighted by Crippen LogP contribution is 2.30. The molecule has 1 aromatic carbocycles. The Labute approximate surface area is 133 Å². The average molecular weight is 326 g/mol. The minimum atomic E-state index is -0.923. The van der Waals surface area contributed by atoms with Gasteiger partial charge < -0.3 is 20.1 Å². The van der Waals surface area contributed by atoms with Crippen LogP contribution in [0, 0.1) is 17.6 Å². The van der Waals surface area contributed by atoms with Crippen LogP contribution in [0.1, 0.15) is 24.5 Å². The van der Waals surface area contributed by atoms with Crippen molar-refractivity contribution in [3.8, 4) is 0 Å². The highest BCUT2D eigenvalue weighted by molar-refractivity contribution is 5.75. The summed E-state index contributed by atoms with van der Waals surface area (Å²) in [5, 5.41) is 12.1. The first kappa shape index (κ1) is 16.1. The summed E-state index contributed by atoms with van der Waals surface area (Å²) in [5.74, 6) is -1.70. The van der Waals surface area contributed by atoms with E-state index in [1.54, 1.807) is 4.90 Å². The zero-order valence-corrected chi connectivity index (χ0v) is 12.7. The molecule has 2 saturated heterocycles. The Morgan fingerprint density at radius 2 is 2.17 bits per heavy atom. The van der Waals surface area contributed by atoms with Gasteiger partial charge in [-0.2, -0.15) is 0 Å². The monoisotopic (exact) mass is 326 g/mol. The molecule has 5 nitrogen and oxygen atoms in total. The number of aliphatic hydroxyl groups excluding tert-OH is 1. The molecule has 2 aliphatic heterocycles. The maximum atomic E-state index is 13.4. The fourth-order valence-corrected chi connectivity index (χ4v) is 3.17. The number of ether oxygens (including phenoxy) is 1. The molecule has 0 aliphatic carbocycles. The molecule has 2 aliphatic rings. The summed E-state index contributed by atoms with van der Waals surface area (Å²) in [6.45, 7) is 1.67. The van der Waals surface area contributed by atoms with Gasteiger partial charge in [0.15, 0.2) is 11.6 Å². The lowest BCUT2D eigenvalue weighted by Crippen LogP contribution is -2.45. The van der Waals surface area contributed by atoms with E-state index in [0.717, 1.165) is 18.6 Å². The summed E-state index contributed by atoms with van der Waals surface area (Å²) in [5.41, 5.74) is 0.515. The number of nitrogens with zero attached hydrogens (tertiary/aromatic N) is 1. The summed E-state index contributed by atoms with van der Waals surface area (Å²) in [7, 11) is 0. The van der Waals surface area contributed by atoms with Crippen LogP contribution >= 0.6 is 0 Å². The van der Waals surface area contributed by atoms with Crippen LogP contribution in [0.2, 0.25) is 0 Å². The molecule has 23 heavy (non-hydrogen) atoms. The Morgan fingerprint density at radius 3 is 2.87 bits per heavy atom. The molecule has 3 rings (SSSR count). The zero-order valence-electron chi connectivity index (χ0n) is 12.7. The average Bonchev–Trinajstić information content (AvgIpc) is 3.19. The molecule has 2 heterocycles. The van der Waals surface area contributed by atoms with Gasteiger partial charge in [-0.25, -0.2) is 13.6 Å². The number of likely N-dealkylation sites (tertiary alicyclic amines) is 1. The number of hydrogen-bond acceptors (Lipinski definition) is 3. The zero-order chi connectivity index (χ0) is 16.4. The standard InChI is InChI=1S/C16H20F2N2O3/c17-12-2-1-11(7-13(12)18)15-14(4-6-23-15)19-16(22)20-5-3-10(8-20)9-21/h1-2,7,10,14-15,21H,3-6,8-9H2,(H,19,22). The molecule has 2 N–H and O–H groups in total. The van der Waals surface area contributed by atoms with Gasteiger partial charge in [0.1, 0.15) is 6.10 Å². The maximum Gasteiger partial charge on any atom is 0.317 e. The van der Waals surface area contributed by atoms with Crippen molar-refractivity contribution in [2.75, 3.05) is 26.3 Å². The third kappa shape index (κ3) is 3.45. The van der Waals surface area contributed by atoms with Crippen LogP contribution in [0.4, 0.5) is 13.6 Å². The third-order valence-electron chi connectivity index (χ3n) is 4.50. The number of carbonyl (C=O) groups excluding carboxylic acids is 1. The molecule has 3 atom stereocenters. The van der Waals surface area contributed by atoms with E-state index in [-0.39, 0.29) is 24.6 Å². The maximum absolute atomic E-state index is 13.4. The second-order valence-electron chi connectivity index (χ2n) is 6.09. The van der Waals surface area contributed by atoms with Crippen molar-refractivity contribution in [2.45, 2.75) is 25.0 Å². The number of rotatable bonds is 3. The van der Waals surface area contributed by atoms with Crippen LogP contribution < -0.4 is 5.32 Å². The van der Waals surface area contributed by atoms with E-state index in [1.807, 2.05) is 0 Å². The lowest BCUT2D eigenvalue weighted by atomic mass is 10.0. The van der Waals surface area contributed by atoms with Gasteiger partial charge in [-0.3, -0.25) is 0 Å². The Morgan fingerprint density at radius 1 is 1.35 bits per heavy atom. The lowest BCUT2D eigenvalue weighted by Gasteiger charge is -2.24. The molecule has 0 radical (unpaired) electrons. The molecular weight excluding hydrogens is 306 g/mol. The third-order valence-corrected chi connectivity index (χ3v) is 4.50. The molecule has 2 amide bonds. The first-order valence-corrected chi connectivity index (χ1v) is 7.81. The number of aliphatic hydroxyl groups is 1. The lowest BCUT2D eigenvalue weighted by molar-refractivity contribution is 0.0980. The summed E-state index contributed by atoms with van der Waals surface area (Å²) >= 11 is 0. The van der Waals surface area contributed by atoms with E-state index in [1.165, 1.54) is 6.07 Å². The number of benzene rings is 1. The highest BCUT2D eigenvalue weighted by Gasteiger charge is 2.34. The van der Waals surface area contributed by atoms with Crippen molar-refractivity contribution < 1.29 is 23.4 Å². The molecule has 126 valence electrons. The number of carbonyl (C=O) groups is 1. The summed E-state index contributed by atoms with van der Waals surface area (Å²) in [6, 6.07) is 3.18. The van der Waals surface area contributed by atoms with Gasteiger partial charge in [0.05, 0.1) is 6.04 Å². The van der Waals surface area contributed by atoms with Crippen molar-refractivity contribution in [3.05, 3.63) is 35.4 Å². The number of amides is 2. The molecule has 0 bridgehead atoms. The van der Waals surface area contributed by atoms with Gasteiger partial charge >= 0.3 is 6.03 Å². The van der Waals surface area contributed by atoms with Crippen LogP contribution in [0.5, 0.6) is 0 Å². The Hall–Kier alpha value is -1.73. The first-order valence-electron chi connectivity index (χ1n) is 7.81. The number of hydrogen-bond donors (Lipinski definition) is 2. The molecule has 0 spiro atoms. The fourth-order valence-electron chi connectivity index (χ4n) is 3.17. The van der Waals surface area contributed by atoms with E-state index in [0.29, 0.717) is 31.7 Å². The Balaban J connectivity index is 1.65. The van der Waals surface area contributed by atoms with Crippen molar-refractivity contribution in [1.82, 2.24) is 10.2 Å². The molecule has 7 heteroatoms. The van der Waals surface area contributed by atoms with Gasteiger partial charge in [0.2, 0.25) is 0 Å². The van der Waals surface area contributed by atoms with E-state index < -0.39 is 17.7 Å². The smallest absolute Gasteiger partial charge is 0.317 e. The molecule has 3 unspecified atom stereocenters. The summed E-state index contributed by atoms with van der Waals surface area (Å²) in [4.78, 5) is 14.0.